The van der Waals surface area contributed by atoms with Crippen molar-refractivity contribution in [2.45, 2.75) is 19.4 Å². The number of pyridine rings is 1. The SMILES string of the molecule is Cc1cnccc1N1CC(N)CC1=O. The molecule has 2 N–H and O–H groups in total. The average Bonchev–Trinajstić information content (AvgIpc) is 2.46. The van der Waals surface area contributed by atoms with Gasteiger partial charge >= 0.3 is 0 Å². The van der Waals surface area contributed by atoms with Crippen LogP contribution in [0.5, 0.6) is 0 Å². The number of carbonyl (C=O) groups excluding carboxylic acids is 1. The normalized spacial score (nSPS) is 21.7. The summed E-state index contributed by atoms with van der Waals surface area (Å²) >= 11 is 0. The topological polar surface area (TPSA) is 59.2 Å². The first kappa shape index (κ1) is 9.15. The van der Waals surface area contributed by atoms with E-state index in [1.165, 1.54) is 0 Å². The highest BCUT2D eigenvalue weighted by Crippen LogP contribution is 2.23. The lowest BCUT2D eigenvalue weighted by atomic mass is 10.2. The lowest BCUT2D eigenvalue weighted by Gasteiger charge is -2.17. The van der Waals surface area contributed by atoms with Gasteiger partial charge in [0.2, 0.25) is 5.91 Å². The van der Waals surface area contributed by atoms with Gasteiger partial charge in [0.05, 0.1) is 0 Å². The van der Waals surface area contributed by atoms with E-state index in [-0.39, 0.29) is 11.9 Å². The highest BCUT2D eigenvalue weighted by atomic mass is 16.2. The molecule has 1 saturated heterocycles. The Kier molecular flexibility index (Phi) is 2.21. The first-order valence-electron chi connectivity index (χ1n) is 4.65. The Hall–Kier alpha value is -1.42. The first-order valence-corrected chi connectivity index (χ1v) is 4.65. The number of rotatable bonds is 1. The van der Waals surface area contributed by atoms with Gasteiger partial charge in [0.25, 0.3) is 0 Å². The number of nitrogens with two attached hydrogens (primary N) is 1. The predicted molar refractivity (Wildman–Crippen MR) is 53.9 cm³/mol. The fourth-order valence-electron chi connectivity index (χ4n) is 1.74. The van der Waals surface area contributed by atoms with Gasteiger partial charge in [-0.2, -0.15) is 0 Å². The zero-order valence-electron chi connectivity index (χ0n) is 8.10. The standard InChI is InChI=1S/C10H13N3O/c1-7-5-12-3-2-9(7)13-6-8(11)4-10(13)14/h2-3,5,8H,4,6,11H2,1H3. The number of anilines is 1. The second-order valence-electron chi connectivity index (χ2n) is 3.63. The van der Waals surface area contributed by atoms with Gasteiger partial charge in [-0.25, -0.2) is 0 Å². The molecule has 14 heavy (non-hydrogen) atoms. The molecule has 1 aromatic heterocycles. The monoisotopic (exact) mass is 191 g/mol. The van der Waals surface area contributed by atoms with Crippen molar-refractivity contribution in [2.75, 3.05) is 11.4 Å². The number of amides is 1. The highest BCUT2D eigenvalue weighted by molar-refractivity contribution is 5.96. The van der Waals surface area contributed by atoms with E-state index in [0.717, 1.165) is 11.3 Å². The third-order valence-corrected chi connectivity index (χ3v) is 2.44. The van der Waals surface area contributed by atoms with Crippen LogP contribution in [-0.4, -0.2) is 23.5 Å². The van der Waals surface area contributed by atoms with E-state index >= 15 is 0 Å². The van der Waals surface area contributed by atoms with Crippen LogP contribution in [0.15, 0.2) is 18.5 Å². The van der Waals surface area contributed by atoms with Crippen LogP contribution >= 0.6 is 0 Å². The molecule has 0 aromatic carbocycles. The molecule has 1 aliphatic rings. The highest BCUT2D eigenvalue weighted by Gasteiger charge is 2.28. The molecule has 1 amide bonds. The summed E-state index contributed by atoms with van der Waals surface area (Å²) < 4.78 is 0. The molecule has 0 saturated carbocycles. The number of hydrogen-bond donors (Lipinski definition) is 1. The molecule has 0 radical (unpaired) electrons. The van der Waals surface area contributed by atoms with Gasteiger partial charge in [-0.1, -0.05) is 0 Å². The van der Waals surface area contributed by atoms with Gasteiger partial charge in [-0.15, -0.1) is 0 Å². The van der Waals surface area contributed by atoms with Crippen LogP contribution in [0.4, 0.5) is 5.69 Å². The van der Waals surface area contributed by atoms with Crippen molar-refractivity contribution >= 4 is 11.6 Å². The van der Waals surface area contributed by atoms with Crippen LogP contribution in [0, 0.1) is 6.92 Å². The zero-order valence-corrected chi connectivity index (χ0v) is 8.10. The zero-order chi connectivity index (χ0) is 10.1. The van der Waals surface area contributed by atoms with Crippen molar-refractivity contribution in [3.63, 3.8) is 0 Å². The molecule has 1 aliphatic heterocycles. The molecule has 74 valence electrons. The molecule has 4 heteroatoms. The molecule has 0 spiro atoms. The quantitative estimate of drug-likeness (QED) is 0.701. The largest absolute Gasteiger partial charge is 0.326 e. The van der Waals surface area contributed by atoms with Gasteiger partial charge in [0.1, 0.15) is 0 Å². The van der Waals surface area contributed by atoms with Gasteiger partial charge in [-0.05, 0) is 18.6 Å². The van der Waals surface area contributed by atoms with E-state index in [0.29, 0.717) is 13.0 Å². The molecule has 1 unspecified atom stereocenters. The lowest BCUT2D eigenvalue weighted by Crippen LogP contribution is -2.28. The van der Waals surface area contributed by atoms with E-state index in [9.17, 15) is 4.79 Å². The van der Waals surface area contributed by atoms with Gasteiger partial charge < -0.3 is 10.6 Å². The molecule has 2 rings (SSSR count). The predicted octanol–water partition coefficient (Wildman–Crippen LogP) is 0.454. The van der Waals surface area contributed by atoms with E-state index in [4.69, 9.17) is 5.73 Å². The van der Waals surface area contributed by atoms with Crippen LogP contribution < -0.4 is 10.6 Å². The van der Waals surface area contributed by atoms with Gasteiger partial charge in [0, 0.05) is 37.1 Å². The third kappa shape index (κ3) is 1.48. The maximum atomic E-state index is 11.6. The molecule has 1 aromatic rings. The Morgan fingerprint density at radius 1 is 1.64 bits per heavy atom. The minimum absolute atomic E-state index is 0.0323. The Labute approximate surface area is 82.7 Å². The average molecular weight is 191 g/mol. The molecule has 0 aliphatic carbocycles. The summed E-state index contributed by atoms with van der Waals surface area (Å²) in [5.41, 5.74) is 7.66. The Morgan fingerprint density at radius 3 is 3.00 bits per heavy atom. The van der Waals surface area contributed by atoms with Crippen LogP contribution in [0.3, 0.4) is 0 Å². The summed E-state index contributed by atoms with van der Waals surface area (Å²) in [6.07, 6.45) is 3.90. The molecule has 4 nitrogen and oxygen atoms in total. The number of carbonyl (C=O) groups is 1. The van der Waals surface area contributed by atoms with Crippen LogP contribution in [0.25, 0.3) is 0 Å². The van der Waals surface area contributed by atoms with E-state index in [2.05, 4.69) is 4.98 Å². The van der Waals surface area contributed by atoms with E-state index in [1.54, 1.807) is 17.3 Å². The van der Waals surface area contributed by atoms with E-state index in [1.807, 2.05) is 13.0 Å². The maximum Gasteiger partial charge on any atom is 0.228 e. The minimum atomic E-state index is -0.0323. The smallest absolute Gasteiger partial charge is 0.228 e. The van der Waals surface area contributed by atoms with Crippen molar-refractivity contribution in [1.82, 2.24) is 4.98 Å². The number of aryl methyl sites for hydroxylation is 1. The summed E-state index contributed by atoms with van der Waals surface area (Å²) in [7, 11) is 0. The van der Waals surface area contributed by atoms with Gasteiger partial charge in [0.15, 0.2) is 0 Å². The molecule has 1 fully saturated rings. The molecular formula is C10H13N3O. The third-order valence-electron chi connectivity index (χ3n) is 2.44. The fourth-order valence-corrected chi connectivity index (χ4v) is 1.74. The number of aromatic nitrogens is 1. The van der Waals surface area contributed by atoms with E-state index < -0.39 is 0 Å². The lowest BCUT2D eigenvalue weighted by molar-refractivity contribution is -0.117. The van der Waals surface area contributed by atoms with Gasteiger partial charge in [-0.3, -0.25) is 9.78 Å². The number of nitrogens with zero attached hydrogens (tertiary/aromatic N) is 2. The summed E-state index contributed by atoms with van der Waals surface area (Å²) in [5.74, 6) is 0.104. The van der Waals surface area contributed by atoms with Crippen molar-refractivity contribution in [1.29, 1.82) is 0 Å². The molecular weight excluding hydrogens is 178 g/mol. The van der Waals surface area contributed by atoms with Crippen LogP contribution in [0.1, 0.15) is 12.0 Å². The Bertz CT molecular complexity index is 364. The van der Waals surface area contributed by atoms with Crippen molar-refractivity contribution in [3.8, 4) is 0 Å². The second-order valence-corrected chi connectivity index (χ2v) is 3.63. The summed E-state index contributed by atoms with van der Waals surface area (Å²) in [6.45, 7) is 2.56. The maximum absolute atomic E-state index is 11.6. The molecule has 0 bridgehead atoms. The minimum Gasteiger partial charge on any atom is -0.326 e. The Balaban J connectivity index is 2.32. The van der Waals surface area contributed by atoms with Crippen LogP contribution in [0.2, 0.25) is 0 Å². The summed E-state index contributed by atoms with van der Waals surface area (Å²) in [5, 5.41) is 0. The van der Waals surface area contributed by atoms with Crippen LogP contribution in [-0.2, 0) is 4.79 Å². The van der Waals surface area contributed by atoms with Crippen molar-refractivity contribution in [3.05, 3.63) is 24.0 Å². The first-order chi connectivity index (χ1) is 6.68. The fraction of sp³-hybridized carbons (Fsp3) is 0.400. The summed E-state index contributed by atoms with van der Waals surface area (Å²) in [6, 6.07) is 1.82. The van der Waals surface area contributed by atoms with Crippen molar-refractivity contribution < 1.29 is 4.79 Å². The second kappa shape index (κ2) is 3.38. The van der Waals surface area contributed by atoms with Crippen molar-refractivity contribution in [2.24, 2.45) is 5.73 Å². The number of hydrogen-bond acceptors (Lipinski definition) is 3. The Morgan fingerprint density at radius 2 is 2.43 bits per heavy atom. The summed E-state index contributed by atoms with van der Waals surface area (Å²) in [4.78, 5) is 17.3. The molecule has 1 atom stereocenters. The molecule has 2 heterocycles.